The lowest BCUT2D eigenvalue weighted by Crippen LogP contribution is -2.51. The molecule has 0 bridgehead atoms. The molecule has 2 rings (SSSR count). The minimum Gasteiger partial charge on any atom is -0.465 e. The summed E-state index contributed by atoms with van der Waals surface area (Å²) in [5, 5.41) is 9.53. The summed E-state index contributed by atoms with van der Waals surface area (Å²) in [7, 11) is 2.89. The Bertz CT molecular complexity index is 786. The van der Waals surface area contributed by atoms with Gasteiger partial charge in [0.1, 0.15) is 5.54 Å². The number of carbonyl (C=O) groups is 3. The first-order chi connectivity index (χ1) is 13.4. The second-order valence-corrected chi connectivity index (χ2v) is 6.71. The molecule has 148 valence electrons. The van der Waals surface area contributed by atoms with E-state index in [1.807, 2.05) is 0 Å². The molecule has 28 heavy (non-hydrogen) atoms. The third kappa shape index (κ3) is 5.19. The minimum atomic E-state index is -0.807. The number of hydrogen-bond donors (Lipinski definition) is 0. The van der Waals surface area contributed by atoms with Crippen LogP contribution in [0.2, 0.25) is 0 Å². The molecular weight excluding hydrogens is 360 g/mol. The number of hydrogen-bond acceptors (Lipinski definition) is 6. The number of benzene rings is 1. The Hall–Kier alpha value is -3.14. The van der Waals surface area contributed by atoms with Crippen molar-refractivity contribution in [3.8, 4) is 6.07 Å². The van der Waals surface area contributed by atoms with Crippen LogP contribution in [0, 0.1) is 11.3 Å². The Balaban J connectivity index is 1.87. The smallest absolute Gasteiger partial charge is 0.337 e. The average Bonchev–Trinajstić information content (AvgIpc) is 2.75. The summed E-state index contributed by atoms with van der Waals surface area (Å²) < 4.78 is 9.63. The fraction of sp³-hybridized carbons (Fsp3) is 0.429. The van der Waals surface area contributed by atoms with Gasteiger partial charge in [0.25, 0.3) is 5.91 Å². The summed E-state index contributed by atoms with van der Waals surface area (Å²) in [6, 6.07) is 8.76. The monoisotopic (exact) mass is 384 g/mol. The second kappa shape index (κ2) is 9.70. The van der Waals surface area contributed by atoms with Gasteiger partial charge in [-0.25, -0.2) is 9.59 Å². The second-order valence-electron chi connectivity index (χ2n) is 6.71. The molecule has 1 amide bonds. The topological polar surface area (TPSA) is 96.7 Å². The van der Waals surface area contributed by atoms with E-state index in [2.05, 4.69) is 10.8 Å². The molecule has 7 nitrogen and oxygen atoms in total. The van der Waals surface area contributed by atoms with Crippen molar-refractivity contribution in [1.82, 2.24) is 4.90 Å². The number of ether oxygens (including phenoxy) is 2. The molecule has 0 radical (unpaired) electrons. The SMILES string of the molecule is COC(=O)c1ccc(/C=C/C(=O)OCC(=O)N(C)C2(C#N)CCCCC2)cc1. The van der Waals surface area contributed by atoms with Crippen molar-refractivity contribution in [3.05, 3.63) is 41.5 Å². The van der Waals surface area contributed by atoms with Gasteiger partial charge in [-0.2, -0.15) is 5.26 Å². The van der Waals surface area contributed by atoms with E-state index in [1.54, 1.807) is 31.3 Å². The summed E-state index contributed by atoms with van der Waals surface area (Å²) in [6.45, 7) is -0.412. The number of nitrogens with zero attached hydrogens (tertiary/aromatic N) is 2. The summed E-state index contributed by atoms with van der Waals surface area (Å²) in [4.78, 5) is 37.0. The summed E-state index contributed by atoms with van der Waals surface area (Å²) >= 11 is 0. The predicted octanol–water partition coefficient (Wildman–Crippen LogP) is 2.71. The minimum absolute atomic E-state index is 0.396. The van der Waals surface area contributed by atoms with Gasteiger partial charge < -0.3 is 14.4 Å². The quantitative estimate of drug-likeness (QED) is 0.553. The number of amides is 1. The van der Waals surface area contributed by atoms with Crippen molar-refractivity contribution in [2.24, 2.45) is 0 Å². The first kappa shape index (κ1) is 21.2. The van der Waals surface area contributed by atoms with Gasteiger partial charge in [0, 0.05) is 13.1 Å². The van der Waals surface area contributed by atoms with Gasteiger partial charge in [0.2, 0.25) is 0 Å². The molecule has 1 aromatic carbocycles. The molecule has 1 aliphatic carbocycles. The van der Waals surface area contributed by atoms with Crippen LogP contribution in [0.15, 0.2) is 30.3 Å². The molecule has 1 fully saturated rings. The lowest BCUT2D eigenvalue weighted by Gasteiger charge is -2.38. The zero-order valence-corrected chi connectivity index (χ0v) is 16.1. The van der Waals surface area contributed by atoms with Crippen LogP contribution in [0.25, 0.3) is 6.08 Å². The molecule has 0 saturated heterocycles. The van der Waals surface area contributed by atoms with E-state index in [1.165, 1.54) is 24.2 Å². The largest absolute Gasteiger partial charge is 0.465 e. The van der Waals surface area contributed by atoms with Crippen molar-refractivity contribution in [2.45, 2.75) is 37.6 Å². The maximum absolute atomic E-state index is 12.3. The maximum atomic E-state index is 12.3. The zero-order chi connectivity index (χ0) is 20.6. The Kier molecular flexibility index (Phi) is 7.33. The highest BCUT2D eigenvalue weighted by Gasteiger charge is 2.38. The van der Waals surface area contributed by atoms with Crippen LogP contribution in [0.1, 0.15) is 48.0 Å². The van der Waals surface area contributed by atoms with E-state index in [0.29, 0.717) is 24.0 Å². The van der Waals surface area contributed by atoms with Gasteiger partial charge in [-0.1, -0.05) is 31.4 Å². The van der Waals surface area contributed by atoms with Gasteiger partial charge in [0.15, 0.2) is 6.61 Å². The van der Waals surface area contributed by atoms with E-state index >= 15 is 0 Å². The molecule has 0 aliphatic heterocycles. The maximum Gasteiger partial charge on any atom is 0.337 e. The van der Waals surface area contributed by atoms with Crippen LogP contribution in [-0.4, -0.2) is 49.0 Å². The van der Waals surface area contributed by atoms with Gasteiger partial charge in [-0.15, -0.1) is 0 Å². The molecule has 0 spiro atoms. The molecule has 0 unspecified atom stereocenters. The molecule has 0 aromatic heterocycles. The molecule has 1 saturated carbocycles. The Morgan fingerprint density at radius 1 is 1.18 bits per heavy atom. The Labute approximate surface area is 164 Å². The fourth-order valence-electron chi connectivity index (χ4n) is 3.19. The van der Waals surface area contributed by atoms with Gasteiger partial charge in [0.05, 0.1) is 18.7 Å². The van der Waals surface area contributed by atoms with E-state index in [0.717, 1.165) is 19.3 Å². The highest BCUT2D eigenvalue weighted by Crippen LogP contribution is 2.32. The van der Waals surface area contributed by atoms with E-state index in [4.69, 9.17) is 4.74 Å². The third-order valence-corrected chi connectivity index (χ3v) is 4.99. The normalized spacial score (nSPS) is 15.5. The lowest BCUT2D eigenvalue weighted by molar-refractivity contribution is -0.150. The van der Waals surface area contributed by atoms with Crippen LogP contribution in [0.4, 0.5) is 0 Å². The van der Waals surface area contributed by atoms with Crippen molar-refractivity contribution in [1.29, 1.82) is 5.26 Å². The van der Waals surface area contributed by atoms with Crippen molar-refractivity contribution in [2.75, 3.05) is 20.8 Å². The number of methoxy groups -OCH3 is 1. The fourth-order valence-corrected chi connectivity index (χ4v) is 3.19. The molecular formula is C21H24N2O5. The molecule has 1 aromatic rings. The lowest BCUT2D eigenvalue weighted by atomic mass is 9.81. The summed E-state index contributed by atoms with van der Waals surface area (Å²) in [5.41, 5.74) is 0.294. The highest BCUT2D eigenvalue weighted by molar-refractivity contribution is 5.91. The molecule has 0 atom stereocenters. The van der Waals surface area contributed by atoms with Crippen LogP contribution in [0.3, 0.4) is 0 Å². The predicted molar refractivity (Wildman–Crippen MR) is 102 cm³/mol. The number of rotatable bonds is 6. The van der Waals surface area contributed by atoms with Crippen LogP contribution >= 0.6 is 0 Å². The molecule has 0 N–H and O–H groups in total. The van der Waals surface area contributed by atoms with Crippen molar-refractivity contribution < 1.29 is 23.9 Å². The van der Waals surface area contributed by atoms with E-state index in [-0.39, 0.29) is 0 Å². The van der Waals surface area contributed by atoms with E-state index in [9.17, 15) is 19.6 Å². The standard InChI is InChI=1S/C21H24N2O5/c1-23(21(15-22)12-4-3-5-13-21)18(24)14-28-19(25)11-8-16-6-9-17(10-7-16)20(26)27-2/h6-11H,3-5,12-14H2,1-2H3/b11-8+. The molecule has 7 heteroatoms. The highest BCUT2D eigenvalue weighted by atomic mass is 16.5. The Morgan fingerprint density at radius 2 is 1.82 bits per heavy atom. The zero-order valence-electron chi connectivity index (χ0n) is 16.1. The van der Waals surface area contributed by atoms with Crippen molar-refractivity contribution in [3.63, 3.8) is 0 Å². The summed E-state index contributed by atoms with van der Waals surface area (Å²) in [6.07, 6.45) is 6.88. The number of carbonyl (C=O) groups excluding carboxylic acids is 3. The van der Waals surface area contributed by atoms with Crippen LogP contribution in [-0.2, 0) is 19.1 Å². The molecule has 1 aliphatic rings. The summed E-state index contributed by atoms with van der Waals surface area (Å²) in [5.74, 6) is -1.49. The first-order valence-electron chi connectivity index (χ1n) is 9.13. The van der Waals surface area contributed by atoms with Gasteiger partial charge in [-0.05, 0) is 36.6 Å². The van der Waals surface area contributed by atoms with Crippen LogP contribution < -0.4 is 0 Å². The van der Waals surface area contributed by atoms with Crippen LogP contribution in [0.5, 0.6) is 0 Å². The average molecular weight is 384 g/mol. The van der Waals surface area contributed by atoms with Gasteiger partial charge in [-0.3, -0.25) is 4.79 Å². The number of esters is 2. The molecule has 0 heterocycles. The number of likely N-dealkylation sites (N-methyl/N-ethyl adjacent to an activating group) is 1. The van der Waals surface area contributed by atoms with Crippen molar-refractivity contribution >= 4 is 23.9 Å². The third-order valence-electron chi connectivity index (χ3n) is 4.99. The Morgan fingerprint density at radius 3 is 2.39 bits per heavy atom. The number of nitriles is 1. The van der Waals surface area contributed by atoms with E-state index < -0.39 is 30.0 Å². The van der Waals surface area contributed by atoms with Gasteiger partial charge >= 0.3 is 11.9 Å². The first-order valence-corrected chi connectivity index (χ1v) is 9.13.